The number of carbonyl (C=O) groups excluding carboxylic acids is 1. The van der Waals surface area contributed by atoms with Crippen molar-refractivity contribution in [2.75, 3.05) is 26.4 Å². The Morgan fingerprint density at radius 3 is 2.35 bits per heavy atom. The van der Waals surface area contributed by atoms with Crippen molar-refractivity contribution in [3.8, 4) is 28.2 Å². The number of fused-ring (bicyclic) bond motifs is 1. The van der Waals surface area contributed by atoms with Crippen molar-refractivity contribution in [2.24, 2.45) is 0 Å². The number of unbranched alkanes of at least 4 members (excludes halogenated alkanes) is 2. The van der Waals surface area contributed by atoms with Crippen LogP contribution in [0, 0.1) is 0 Å². The summed E-state index contributed by atoms with van der Waals surface area (Å²) in [6, 6.07) is 24.7. The van der Waals surface area contributed by atoms with E-state index in [1.165, 1.54) is 5.56 Å². The molecule has 0 unspecified atom stereocenters. The second-order valence-corrected chi connectivity index (χ2v) is 8.90. The van der Waals surface area contributed by atoms with E-state index in [0.717, 1.165) is 64.9 Å². The topological polar surface area (TPSA) is 57.9 Å². The van der Waals surface area contributed by atoms with Crippen LogP contribution in [0.15, 0.2) is 77.2 Å². The first-order chi connectivity index (χ1) is 18.2. The normalized spacial score (nSPS) is 11.1. The third kappa shape index (κ3) is 7.01. The fourth-order valence-electron chi connectivity index (χ4n) is 4.55. The maximum absolute atomic E-state index is 11.4. The van der Waals surface area contributed by atoms with Crippen LogP contribution < -0.4 is 4.74 Å². The summed E-state index contributed by atoms with van der Waals surface area (Å²) in [4.78, 5) is 11.4. The van der Waals surface area contributed by atoms with Crippen molar-refractivity contribution in [2.45, 2.75) is 46.0 Å². The third-order valence-corrected chi connectivity index (χ3v) is 6.28. The van der Waals surface area contributed by atoms with Crippen molar-refractivity contribution in [1.82, 2.24) is 0 Å². The molecule has 0 atom stereocenters. The van der Waals surface area contributed by atoms with Crippen LogP contribution >= 0.6 is 0 Å². The average molecular weight is 501 g/mol. The van der Waals surface area contributed by atoms with E-state index in [9.17, 15) is 4.79 Å². The van der Waals surface area contributed by atoms with Crippen LogP contribution in [-0.2, 0) is 20.7 Å². The Hall–Kier alpha value is -3.57. The fraction of sp³-hybridized carbons (Fsp3) is 0.344. The van der Waals surface area contributed by atoms with E-state index in [2.05, 4.69) is 30.3 Å². The molecule has 0 radical (unpaired) electrons. The molecular weight excluding hydrogens is 464 g/mol. The van der Waals surface area contributed by atoms with Gasteiger partial charge in [-0.15, -0.1) is 0 Å². The molecule has 0 fully saturated rings. The van der Waals surface area contributed by atoms with Crippen LogP contribution in [0.5, 0.6) is 5.75 Å². The lowest BCUT2D eigenvalue weighted by Crippen LogP contribution is -2.04. The van der Waals surface area contributed by atoms with Gasteiger partial charge in [0.25, 0.3) is 0 Å². The maximum atomic E-state index is 11.4. The molecule has 0 aliphatic carbocycles. The molecular formula is C32H36O5. The summed E-state index contributed by atoms with van der Waals surface area (Å²) in [5.74, 6) is 1.61. The molecule has 1 aromatic heterocycles. The van der Waals surface area contributed by atoms with Crippen molar-refractivity contribution in [1.29, 1.82) is 0 Å². The molecule has 5 heteroatoms. The quantitative estimate of drug-likeness (QED) is 0.130. The van der Waals surface area contributed by atoms with Crippen LogP contribution in [0.4, 0.5) is 0 Å². The van der Waals surface area contributed by atoms with Gasteiger partial charge in [0.15, 0.2) is 0 Å². The molecule has 194 valence electrons. The number of rotatable bonds is 14. The van der Waals surface area contributed by atoms with Crippen molar-refractivity contribution < 1.29 is 23.4 Å². The van der Waals surface area contributed by atoms with Gasteiger partial charge in [-0.1, -0.05) is 61.0 Å². The molecule has 0 saturated carbocycles. The number of ether oxygens (including phenoxy) is 3. The molecule has 0 bridgehead atoms. The van der Waals surface area contributed by atoms with Crippen molar-refractivity contribution in [3.05, 3.63) is 78.4 Å². The Morgan fingerprint density at radius 2 is 1.59 bits per heavy atom. The molecule has 0 saturated heterocycles. The van der Waals surface area contributed by atoms with Gasteiger partial charge in [0.2, 0.25) is 0 Å². The van der Waals surface area contributed by atoms with Crippen LogP contribution in [-0.4, -0.2) is 32.4 Å². The highest BCUT2D eigenvalue weighted by atomic mass is 16.5. The third-order valence-electron chi connectivity index (χ3n) is 6.28. The fourth-order valence-corrected chi connectivity index (χ4v) is 4.55. The lowest BCUT2D eigenvalue weighted by Gasteiger charge is -2.09. The summed E-state index contributed by atoms with van der Waals surface area (Å²) < 4.78 is 23.1. The summed E-state index contributed by atoms with van der Waals surface area (Å²) in [7, 11) is 0. The number of esters is 1. The van der Waals surface area contributed by atoms with Gasteiger partial charge in [-0.3, -0.25) is 4.79 Å². The van der Waals surface area contributed by atoms with E-state index in [0.29, 0.717) is 32.8 Å². The van der Waals surface area contributed by atoms with Gasteiger partial charge in [-0.05, 0) is 62.4 Å². The van der Waals surface area contributed by atoms with E-state index in [4.69, 9.17) is 18.6 Å². The van der Waals surface area contributed by atoms with Crippen LogP contribution in [0.3, 0.4) is 0 Å². The van der Waals surface area contributed by atoms with E-state index in [1.807, 2.05) is 56.3 Å². The Morgan fingerprint density at radius 1 is 0.784 bits per heavy atom. The summed E-state index contributed by atoms with van der Waals surface area (Å²) in [6.45, 7) is 6.22. The highest BCUT2D eigenvalue weighted by Gasteiger charge is 2.20. The lowest BCUT2D eigenvalue weighted by molar-refractivity contribution is -0.143. The van der Waals surface area contributed by atoms with Crippen LogP contribution in [0.1, 0.15) is 45.1 Å². The number of hydrogen-bond acceptors (Lipinski definition) is 5. The van der Waals surface area contributed by atoms with Crippen LogP contribution in [0.25, 0.3) is 33.4 Å². The lowest BCUT2D eigenvalue weighted by atomic mass is 9.95. The number of furan rings is 1. The van der Waals surface area contributed by atoms with E-state index in [-0.39, 0.29) is 5.97 Å². The maximum Gasteiger partial charge on any atom is 0.305 e. The number of hydrogen-bond donors (Lipinski definition) is 0. The molecule has 0 aliphatic heterocycles. The minimum absolute atomic E-state index is 0.116. The van der Waals surface area contributed by atoms with Crippen molar-refractivity contribution >= 4 is 16.9 Å². The SMILES string of the molecule is CCOC(=O)CCCCCOCCc1cccc2oc(-c3ccccc3)c(-c3ccc(OCC)cc3)c12. The van der Waals surface area contributed by atoms with Gasteiger partial charge in [0, 0.05) is 29.5 Å². The van der Waals surface area contributed by atoms with E-state index in [1.54, 1.807) is 0 Å². The van der Waals surface area contributed by atoms with Gasteiger partial charge in [-0.2, -0.15) is 0 Å². The molecule has 0 amide bonds. The van der Waals surface area contributed by atoms with Gasteiger partial charge in [0.1, 0.15) is 17.1 Å². The first-order valence-corrected chi connectivity index (χ1v) is 13.3. The molecule has 4 rings (SSSR count). The standard InChI is InChI=1S/C32H36O5/c1-3-35-27-19-17-25(18-20-27)31-30-24(21-23-34-22-10-6-9-16-29(33)36-4-2)14-11-15-28(30)37-32(31)26-12-7-5-8-13-26/h5,7-8,11-15,17-20H,3-4,6,9-10,16,21-23H2,1-2H3. The van der Waals surface area contributed by atoms with Crippen LogP contribution in [0.2, 0.25) is 0 Å². The second kappa shape index (κ2) is 13.7. The predicted octanol–water partition coefficient (Wildman–Crippen LogP) is 7.85. The Kier molecular flexibility index (Phi) is 9.78. The first kappa shape index (κ1) is 26.5. The summed E-state index contributed by atoms with van der Waals surface area (Å²) >= 11 is 0. The average Bonchev–Trinajstić information content (AvgIpc) is 3.32. The molecule has 0 N–H and O–H groups in total. The minimum atomic E-state index is -0.116. The van der Waals surface area contributed by atoms with Crippen molar-refractivity contribution in [3.63, 3.8) is 0 Å². The summed E-state index contributed by atoms with van der Waals surface area (Å²) in [6.07, 6.45) is 4.00. The monoisotopic (exact) mass is 500 g/mol. The van der Waals surface area contributed by atoms with Gasteiger partial charge < -0.3 is 18.6 Å². The van der Waals surface area contributed by atoms with Gasteiger partial charge in [0.05, 0.1) is 19.8 Å². The summed E-state index contributed by atoms with van der Waals surface area (Å²) in [5.41, 5.74) is 5.32. The Balaban J connectivity index is 1.50. The predicted molar refractivity (Wildman–Crippen MR) is 148 cm³/mol. The number of benzene rings is 3. The molecule has 0 aliphatic rings. The molecule has 37 heavy (non-hydrogen) atoms. The summed E-state index contributed by atoms with van der Waals surface area (Å²) in [5, 5.41) is 1.13. The van der Waals surface area contributed by atoms with E-state index >= 15 is 0 Å². The highest BCUT2D eigenvalue weighted by Crippen LogP contribution is 2.42. The highest BCUT2D eigenvalue weighted by molar-refractivity contribution is 6.03. The zero-order valence-corrected chi connectivity index (χ0v) is 21.8. The Labute approximate surface area is 219 Å². The number of carbonyl (C=O) groups is 1. The largest absolute Gasteiger partial charge is 0.494 e. The smallest absolute Gasteiger partial charge is 0.305 e. The van der Waals surface area contributed by atoms with E-state index < -0.39 is 0 Å². The molecule has 4 aromatic rings. The van der Waals surface area contributed by atoms with Gasteiger partial charge in [-0.25, -0.2) is 0 Å². The molecule has 0 spiro atoms. The minimum Gasteiger partial charge on any atom is -0.494 e. The molecule has 1 heterocycles. The zero-order chi connectivity index (χ0) is 25.9. The first-order valence-electron chi connectivity index (χ1n) is 13.3. The zero-order valence-electron chi connectivity index (χ0n) is 21.8. The van der Waals surface area contributed by atoms with Gasteiger partial charge >= 0.3 is 5.97 Å². The molecule has 5 nitrogen and oxygen atoms in total. The molecule has 3 aromatic carbocycles. The second-order valence-electron chi connectivity index (χ2n) is 8.90. The Bertz CT molecular complexity index is 1260.